The molecule has 4 aromatic rings. The zero-order chi connectivity index (χ0) is 32.1. The quantitative estimate of drug-likeness (QED) is 0.194. The number of alkyl halides is 6. The van der Waals surface area contributed by atoms with Crippen molar-refractivity contribution in [2.75, 3.05) is 0 Å². The lowest BCUT2D eigenvalue weighted by atomic mass is 8.91. The van der Waals surface area contributed by atoms with E-state index in [2.05, 4.69) is 60.7 Å². The first kappa shape index (κ1) is 26.3. The first-order chi connectivity index (χ1) is 23.1. The molecule has 0 bridgehead atoms. The van der Waals surface area contributed by atoms with Crippen LogP contribution in [-0.4, -0.2) is 0 Å². The molecule has 6 heteroatoms. The first-order valence-electron chi connectivity index (χ1n) is 17.6. The maximum Gasteiger partial charge on any atom is 0.416 e. The van der Waals surface area contributed by atoms with Gasteiger partial charge in [-0.15, -0.1) is 0 Å². The molecule has 0 nitrogen and oxygen atoms in total. The van der Waals surface area contributed by atoms with Gasteiger partial charge in [0, 0.05) is 21.7 Å². The molecule has 0 amide bonds. The van der Waals surface area contributed by atoms with Crippen molar-refractivity contribution in [1.82, 2.24) is 0 Å². The van der Waals surface area contributed by atoms with Crippen molar-refractivity contribution < 1.29 is 26.3 Å². The van der Waals surface area contributed by atoms with Crippen LogP contribution in [0.4, 0.5) is 26.3 Å². The van der Waals surface area contributed by atoms with E-state index in [1.165, 1.54) is 35.4 Å². The van der Waals surface area contributed by atoms with Gasteiger partial charge in [0.1, 0.15) is 0 Å². The van der Waals surface area contributed by atoms with Crippen LogP contribution in [0, 0.1) is 71.0 Å². The number of rotatable bonds is 4. The topological polar surface area (TPSA) is 0 Å². The Hall–Kier alpha value is -3.54. The predicted octanol–water partition coefficient (Wildman–Crippen LogP) is 9.29. The van der Waals surface area contributed by atoms with Gasteiger partial charge in [0.2, 0.25) is 0 Å². The maximum atomic E-state index is 13.1. The van der Waals surface area contributed by atoms with E-state index in [0.29, 0.717) is 46.3 Å². The van der Waals surface area contributed by atoms with E-state index in [0.717, 1.165) is 46.6 Å². The highest BCUT2D eigenvalue weighted by Gasteiger charge is 3.10. The third-order valence-corrected chi connectivity index (χ3v) is 17.2. The average Bonchev–Trinajstić information content (AvgIpc) is 3.11. The molecule has 12 saturated carbocycles. The van der Waals surface area contributed by atoms with Crippen LogP contribution >= 0.6 is 0 Å². The van der Waals surface area contributed by atoms with E-state index in [9.17, 15) is 26.3 Å². The van der Waals surface area contributed by atoms with Crippen molar-refractivity contribution in [3.05, 3.63) is 143 Å². The van der Waals surface area contributed by atoms with Crippen LogP contribution in [0.15, 0.2) is 109 Å². The van der Waals surface area contributed by atoms with Crippen LogP contribution in [0.3, 0.4) is 0 Å². The van der Waals surface area contributed by atoms with E-state index in [-0.39, 0.29) is 10.8 Å². The van der Waals surface area contributed by atoms with E-state index < -0.39 is 23.5 Å². The molecule has 0 N–H and O–H groups in total. The molecule has 240 valence electrons. The van der Waals surface area contributed by atoms with Gasteiger partial charge < -0.3 is 0 Å². The third kappa shape index (κ3) is 2.05. The molecule has 0 saturated heterocycles. The molecule has 12 aliphatic rings. The molecule has 0 spiro atoms. The molecule has 0 aromatic heterocycles. The number of halogens is 6. The van der Waals surface area contributed by atoms with Gasteiger partial charge in [-0.2, -0.15) is 26.3 Å². The molecule has 4 aromatic carbocycles. The highest BCUT2D eigenvalue weighted by Crippen LogP contribution is 3.10. The second-order valence-electron chi connectivity index (χ2n) is 16.9. The summed E-state index contributed by atoms with van der Waals surface area (Å²) < 4.78 is 78.4. The van der Waals surface area contributed by atoms with Gasteiger partial charge in [-0.25, -0.2) is 0 Å². The summed E-state index contributed by atoms with van der Waals surface area (Å²) in [7, 11) is 0. The zero-order valence-corrected chi connectivity index (χ0v) is 25.6. The number of hydrogen-bond donors (Lipinski definition) is 0. The van der Waals surface area contributed by atoms with E-state index >= 15 is 0 Å². The minimum absolute atomic E-state index is 0.123. The minimum atomic E-state index is -4.24. The fourth-order valence-corrected chi connectivity index (χ4v) is 16.7. The molecule has 0 unspecified atom stereocenters. The molecule has 12 fully saturated rings. The third-order valence-electron chi connectivity index (χ3n) is 17.2. The van der Waals surface area contributed by atoms with Crippen LogP contribution in [0.2, 0.25) is 0 Å². The Labute approximate surface area is 273 Å². The molecule has 16 rings (SSSR count). The Morgan fingerprint density at radius 2 is 0.562 bits per heavy atom. The molecular formula is C42H30F6. The summed E-state index contributed by atoms with van der Waals surface area (Å²) >= 11 is 0. The Balaban J connectivity index is 0.000000107. The van der Waals surface area contributed by atoms with Crippen LogP contribution in [0.5, 0.6) is 0 Å². The number of benzene rings is 4. The zero-order valence-electron chi connectivity index (χ0n) is 25.6. The lowest BCUT2D eigenvalue weighted by Gasteiger charge is -3.12. The Morgan fingerprint density at radius 1 is 0.312 bits per heavy atom. The molecule has 0 radical (unpaired) electrons. The minimum Gasteiger partial charge on any atom is -0.166 e. The summed E-state index contributed by atoms with van der Waals surface area (Å²) in [4.78, 5) is 0. The number of hydrogen-bond acceptors (Lipinski definition) is 0. The van der Waals surface area contributed by atoms with Crippen LogP contribution in [-0.2, 0) is 34.0 Å². The van der Waals surface area contributed by atoms with E-state index in [1.807, 2.05) is 12.1 Å². The van der Waals surface area contributed by atoms with E-state index in [4.69, 9.17) is 0 Å². The van der Waals surface area contributed by atoms with Crippen LogP contribution in [0.25, 0.3) is 0 Å². The normalized spacial score (nSPS) is 50.6. The smallest absolute Gasteiger partial charge is 0.166 e. The SMILES string of the molecule is FC(F)(F)c1cccc(C23C4C5C2C2C3C4C52c2ccccc2)c1.FC(F)(F)c1cccc(C23C4C5C2C2C3C4C52c2ccccc2)c1. The molecule has 48 heavy (non-hydrogen) atoms. The van der Waals surface area contributed by atoms with Crippen LogP contribution in [0.1, 0.15) is 33.4 Å². The summed E-state index contributed by atoms with van der Waals surface area (Å²) in [5, 5.41) is 0. The second kappa shape index (κ2) is 7.18. The highest BCUT2D eigenvalue weighted by molar-refractivity contribution is 5.70. The second-order valence-corrected chi connectivity index (χ2v) is 16.9. The molecule has 0 aliphatic heterocycles. The summed E-state index contributed by atoms with van der Waals surface area (Å²) in [6.07, 6.45) is -8.47. The lowest BCUT2D eigenvalue weighted by Crippen LogP contribution is -3.12. The fraction of sp³-hybridized carbons (Fsp3) is 0.429. The molecule has 12 aliphatic carbocycles. The molecule has 0 heterocycles. The monoisotopic (exact) mass is 648 g/mol. The highest BCUT2D eigenvalue weighted by atomic mass is 19.4. The van der Waals surface area contributed by atoms with Gasteiger partial charge in [0.15, 0.2) is 0 Å². The van der Waals surface area contributed by atoms with Gasteiger partial charge in [-0.3, -0.25) is 0 Å². The first-order valence-corrected chi connectivity index (χ1v) is 17.6. The van der Waals surface area contributed by atoms with E-state index in [1.54, 1.807) is 12.1 Å². The average molecular weight is 649 g/mol. The van der Waals surface area contributed by atoms with Gasteiger partial charge >= 0.3 is 12.4 Å². The standard InChI is InChI=1S/2C21H15F3/c2*22-21(23,24)12-8-4-7-11(9-12)20-16-13-17(20)15-18(20)14(16)19(13,15)10-5-2-1-3-6-10/h2*1-9,13-18H. The van der Waals surface area contributed by atoms with Crippen LogP contribution < -0.4 is 0 Å². The molecule has 0 atom stereocenters. The van der Waals surface area contributed by atoms with Gasteiger partial charge in [0.25, 0.3) is 0 Å². The van der Waals surface area contributed by atoms with Crippen molar-refractivity contribution in [1.29, 1.82) is 0 Å². The van der Waals surface area contributed by atoms with Crippen molar-refractivity contribution in [3.8, 4) is 0 Å². The van der Waals surface area contributed by atoms with Crippen molar-refractivity contribution in [2.45, 2.75) is 34.0 Å². The Bertz CT molecular complexity index is 1870. The summed E-state index contributed by atoms with van der Waals surface area (Å²) in [5.74, 6) is 8.39. The van der Waals surface area contributed by atoms with Crippen molar-refractivity contribution in [2.24, 2.45) is 71.0 Å². The van der Waals surface area contributed by atoms with Gasteiger partial charge in [-0.05, 0) is 105 Å². The Morgan fingerprint density at radius 3 is 0.833 bits per heavy atom. The predicted molar refractivity (Wildman–Crippen MR) is 164 cm³/mol. The largest absolute Gasteiger partial charge is 0.416 e. The van der Waals surface area contributed by atoms with Gasteiger partial charge in [-0.1, -0.05) is 97.1 Å². The fourth-order valence-electron chi connectivity index (χ4n) is 16.7. The summed E-state index contributed by atoms with van der Waals surface area (Å²) in [6.45, 7) is 0. The maximum absolute atomic E-state index is 13.1. The Kier molecular flexibility index (Phi) is 3.94. The summed E-state index contributed by atoms with van der Waals surface area (Å²) in [5.41, 5.74) is 5.06. The van der Waals surface area contributed by atoms with Crippen molar-refractivity contribution >= 4 is 0 Å². The van der Waals surface area contributed by atoms with Crippen molar-refractivity contribution in [3.63, 3.8) is 0 Å². The molecular weight excluding hydrogens is 618 g/mol. The lowest BCUT2D eigenvalue weighted by molar-refractivity contribution is -0.597. The van der Waals surface area contributed by atoms with Gasteiger partial charge in [0.05, 0.1) is 11.1 Å². The summed E-state index contributed by atoms with van der Waals surface area (Å²) in [6, 6.07) is 34.1.